The fourth-order valence-electron chi connectivity index (χ4n) is 2.60. The standard InChI is InChI=1S/C15H17ClN4O2/c16-12-4-1-3-11(7-12)8-20-10-14(17-18-20)15(22)19-6-2-5-13(21)9-19/h1,3-4,7,10,13,21H,2,5-6,8-9H2/t13-/m0/s1. The summed E-state index contributed by atoms with van der Waals surface area (Å²) in [7, 11) is 0. The van der Waals surface area contributed by atoms with Gasteiger partial charge in [0.05, 0.1) is 18.8 Å². The number of hydrogen-bond acceptors (Lipinski definition) is 4. The number of benzene rings is 1. The normalized spacial score (nSPS) is 18.5. The van der Waals surface area contributed by atoms with E-state index >= 15 is 0 Å². The van der Waals surface area contributed by atoms with Crippen LogP contribution in [0.1, 0.15) is 28.9 Å². The van der Waals surface area contributed by atoms with Gasteiger partial charge in [0.25, 0.3) is 5.91 Å². The van der Waals surface area contributed by atoms with Crippen molar-refractivity contribution >= 4 is 17.5 Å². The summed E-state index contributed by atoms with van der Waals surface area (Å²) in [6.45, 7) is 1.51. The number of amides is 1. The Morgan fingerprint density at radius 2 is 2.32 bits per heavy atom. The van der Waals surface area contributed by atoms with Crippen molar-refractivity contribution in [3.63, 3.8) is 0 Å². The molecule has 0 saturated carbocycles. The number of likely N-dealkylation sites (tertiary alicyclic amines) is 1. The van der Waals surface area contributed by atoms with Crippen molar-refractivity contribution in [2.75, 3.05) is 13.1 Å². The summed E-state index contributed by atoms with van der Waals surface area (Å²) in [5, 5.41) is 18.2. The minimum atomic E-state index is -0.445. The zero-order valence-corrected chi connectivity index (χ0v) is 12.8. The van der Waals surface area contributed by atoms with Crippen molar-refractivity contribution in [1.82, 2.24) is 19.9 Å². The molecule has 1 atom stereocenters. The molecule has 0 unspecified atom stereocenters. The molecule has 1 aromatic heterocycles. The van der Waals surface area contributed by atoms with Gasteiger partial charge in [0.15, 0.2) is 5.69 Å². The lowest BCUT2D eigenvalue weighted by Crippen LogP contribution is -2.42. The molecule has 0 radical (unpaired) electrons. The van der Waals surface area contributed by atoms with Crippen LogP contribution in [0.3, 0.4) is 0 Å². The third-order valence-corrected chi connectivity index (χ3v) is 3.91. The summed E-state index contributed by atoms with van der Waals surface area (Å²) < 4.78 is 1.61. The van der Waals surface area contributed by atoms with Gasteiger partial charge in [-0.25, -0.2) is 4.68 Å². The number of halogens is 1. The second-order valence-corrected chi connectivity index (χ2v) is 5.91. The van der Waals surface area contributed by atoms with E-state index in [9.17, 15) is 9.90 Å². The van der Waals surface area contributed by atoms with Gasteiger partial charge in [-0.05, 0) is 30.5 Å². The number of carbonyl (C=O) groups excluding carboxylic acids is 1. The Labute approximate surface area is 133 Å². The van der Waals surface area contributed by atoms with Crippen molar-refractivity contribution < 1.29 is 9.90 Å². The number of aromatic nitrogens is 3. The van der Waals surface area contributed by atoms with E-state index in [2.05, 4.69) is 10.3 Å². The average Bonchev–Trinajstić information content (AvgIpc) is 2.95. The summed E-state index contributed by atoms with van der Waals surface area (Å²) >= 11 is 5.95. The summed E-state index contributed by atoms with van der Waals surface area (Å²) in [5.74, 6) is -0.184. The van der Waals surface area contributed by atoms with Gasteiger partial charge in [0.2, 0.25) is 0 Å². The maximum absolute atomic E-state index is 12.3. The average molecular weight is 321 g/mol. The SMILES string of the molecule is O=C(c1cn(Cc2cccc(Cl)c2)nn1)N1CCC[C@H](O)C1. The van der Waals surface area contributed by atoms with Gasteiger partial charge in [-0.3, -0.25) is 4.79 Å². The second kappa shape index (κ2) is 6.46. The quantitative estimate of drug-likeness (QED) is 0.932. The van der Waals surface area contributed by atoms with Gasteiger partial charge in [-0.2, -0.15) is 0 Å². The molecule has 1 aromatic carbocycles. The van der Waals surface area contributed by atoms with Gasteiger partial charge in [0.1, 0.15) is 0 Å². The maximum Gasteiger partial charge on any atom is 0.276 e. The number of piperidine rings is 1. The van der Waals surface area contributed by atoms with E-state index in [1.807, 2.05) is 24.3 Å². The first kappa shape index (κ1) is 15.0. The van der Waals surface area contributed by atoms with E-state index in [0.29, 0.717) is 30.4 Å². The molecular weight excluding hydrogens is 304 g/mol. The van der Waals surface area contributed by atoms with Crippen LogP contribution in [-0.4, -0.2) is 50.1 Å². The highest BCUT2D eigenvalue weighted by atomic mass is 35.5. The molecule has 1 aliphatic rings. The fourth-order valence-corrected chi connectivity index (χ4v) is 2.81. The van der Waals surface area contributed by atoms with Gasteiger partial charge < -0.3 is 10.0 Å². The Hall–Kier alpha value is -1.92. The third kappa shape index (κ3) is 3.45. The number of nitrogens with zero attached hydrogens (tertiary/aromatic N) is 4. The smallest absolute Gasteiger partial charge is 0.276 e. The van der Waals surface area contributed by atoms with Crippen molar-refractivity contribution in [1.29, 1.82) is 0 Å². The van der Waals surface area contributed by atoms with Crippen LogP contribution >= 0.6 is 11.6 Å². The van der Waals surface area contributed by atoms with Crippen LogP contribution < -0.4 is 0 Å². The van der Waals surface area contributed by atoms with E-state index in [1.165, 1.54) is 0 Å². The molecule has 7 heteroatoms. The number of carbonyl (C=O) groups is 1. The zero-order valence-electron chi connectivity index (χ0n) is 12.0. The zero-order chi connectivity index (χ0) is 15.5. The first-order chi connectivity index (χ1) is 10.6. The summed E-state index contributed by atoms with van der Waals surface area (Å²) in [6.07, 6.45) is 2.73. The van der Waals surface area contributed by atoms with E-state index < -0.39 is 6.10 Å². The van der Waals surface area contributed by atoms with Crippen LogP contribution in [0.5, 0.6) is 0 Å². The molecule has 2 aromatic rings. The minimum absolute atomic E-state index is 0.184. The van der Waals surface area contributed by atoms with E-state index in [-0.39, 0.29) is 5.91 Å². The summed E-state index contributed by atoms with van der Waals surface area (Å²) in [5.41, 5.74) is 1.29. The van der Waals surface area contributed by atoms with Crippen LogP contribution in [0.4, 0.5) is 0 Å². The van der Waals surface area contributed by atoms with Gasteiger partial charge >= 0.3 is 0 Å². The van der Waals surface area contributed by atoms with Crippen LogP contribution in [0, 0.1) is 0 Å². The number of aliphatic hydroxyl groups is 1. The van der Waals surface area contributed by atoms with Crippen molar-refractivity contribution in [2.45, 2.75) is 25.5 Å². The lowest BCUT2D eigenvalue weighted by molar-refractivity contribution is 0.0469. The van der Waals surface area contributed by atoms with Gasteiger partial charge in [0, 0.05) is 18.1 Å². The Morgan fingerprint density at radius 1 is 1.45 bits per heavy atom. The number of rotatable bonds is 3. The molecule has 1 N–H and O–H groups in total. The van der Waals surface area contributed by atoms with Crippen LogP contribution in [0.15, 0.2) is 30.5 Å². The second-order valence-electron chi connectivity index (χ2n) is 5.48. The number of β-amino-alcohol motifs (C(OH)–C–C–N with tert-alkyl or cyclic N) is 1. The van der Waals surface area contributed by atoms with Crippen LogP contribution in [0.25, 0.3) is 0 Å². The maximum atomic E-state index is 12.3. The Bertz CT molecular complexity index is 673. The molecule has 116 valence electrons. The first-order valence-corrected chi connectivity index (χ1v) is 7.61. The molecule has 1 saturated heterocycles. The largest absolute Gasteiger partial charge is 0.391 e. The highest BCUT2D eigenvalue weighted by Gasteiger charge is 2.24. The van der Waals surface area contributed by atoms with Crippen molar-refractivity contribution in [3.8, 4) is 0 Å². The molecule has 0 bridgehead atoms. The van der Waals surface area contributed by atoms with Gasteiger partial charge in [-0.15, -0.1) is 5.10 Å². The molecule has 3 rings (SSSR count). The first-order valence-electron chi connectivity index (χ1n) is 7.24. The van der Waals surface area contributed by atoms with E-state index in [0.717, 1.165) is 18.4 Å². The predicted molar refractivity (Wildman–Crippen MR) is 81.7 cm³/mol. The monoisotopic (exact) mass is 320 g/mol. The molecule has 1 fully saturated rings. The molecule has 22 heavy (non-hydrogen) atoms. The Balaban J connectivity index is 1.69. The molecule has 6 nitrogen and oxygen atoms in total. The van der Waals surface area contributed by atoms with E-state index in [1.54, 1.807) is 15.8 Å². The summed E-state index contributed by atoms with van der Waals surface area (Å²) in [4.78, 5) is 14.0. The van der Waals surface area contributed by atoms with E-state index in [4.69, 9.17) is 11.6 Å². The third-order valence-electron chi connectivity index (χ3n) is 3.68. The lowest BCUT2D eigenvalue weighted by atomic mass is 10.1. The minimum Gasteiger partial charge on any atom is -0.391 e. The number of aliphatic hydroxyl groups excluding tert-OH is 1. The highest BCUT2D eigenvalue weighted by molar-refractivity contribution is 6.30. The Kier molecular flexibility index (Phi) is 4.40. The van der Waals surface area contributed by atoms with Gasteiger partial charge in [-0.1, -0.05) is 28.9 Å². The highest BCUT2D eigenvalue weighted by Crippen LogP contribution is 2.14. The fraction of sp³-hybridized carbons (Fsp3) is 0.400. The molecule has 2 heterocycles. The van der Waals surface area contributed by atoms with Crippen LogP contribution in [0.2, 0.25) is 5.02 Å². The molecule has 0 spiro atoms. The van der Waals surface area contributed by atoms with Crippen LogP contribution in [-0.2, 0) is 6.54 Å². The molecule has 1 amide bonds. The molecule has 1 aliphatic heterocycles. The molecular formula is C15H17ClN4O2. The predicted octanol–water partition coefficient (Wildman–Crippen LogP) is 1.58. The number of hydrogen-bond donors (Lipinski definition) is 1. The lowest BCUT2D eigenvalue weighted by Gasteiger charge is -2.29. The topological polar surface area (TPSA) is 71.2 Å². The van der Waals surface area contributed by atoms with Crippen molar-refractivity contribution in [2.24, 2.45) is 0 Å². The van der Waals surface area contributed by atoms with Crippen molar-refractivity contribution in [3.05, 3.63) is 46.7 Å². The molecule has 0 aliphatic carbocycles. The Morgan fingerprint density at radius 3 is 3.09 bits per heavy atom. The summed E-state index contributed by atoms with van der Waals surface area (Å²) in [6, 6.07) is 7.47.